The van der Waals surface area contributed by atoms with Crippen molar-refractivity contribution in [3.05, 3.63) is 66.7 Å². The largest absolute Gasteiger partial charge is 0.494 e. The fourth-order valence-electron chi connectivity index (χ4n) is 2.94. The first-order valence-electron chi connectivity index (χ1n) is 9.45. The second-order valence-corrected chi connectivity index (χ2v) is 8.06. The highest BCUT2D eigenvalue weighted by atomic mass is 32.2. The zero-order valence-corrected chi connectivity index (χ0v) is 17.5. The highest BCUT2D eigenvalue weighted by molar-refractivity contribution is 7.89. The summed E-state index contributed by atoms with van der Waals surface area (Å²) in [7, 11) is -3.82. The van der Waals surface area contributed by atoms with Crippen LogP contribution in [0.25, 0.3) is 5.69 Å². The first-order chi connectivity index (χ1) is 13.9. The zero-order chi connectivity index (χ0) is 20.9. The Balaban J connectivity index is 1.83. The minimum absolute atomic E-state index is 0.0622. The van der Waals surface area contributed by atoms with Crippen molar-refractivity contribution in [2.45, 2.75) is 31.7 Å². The molecule has 1 unspecified atom stereocenters. The maximum Gasteiger partial charge on any atom is 0.244 e. The second kappa shape index (κ2) is 9.11. The van der Waals surface area contributed by atoms with Crippen molar-refractivity contribution >= 4 is 10.0 Å². The van der Waals surface area contributed by atoms with Crippen molar-refractivity contribution in [3.63, 3.8) is 0 Å². The lowest BCUT2D eigenvalue weighted by atomic mass is 10.1. The first kappa shape index (κ1) is 20.9. The van der Waals surface area contributed by atoms with Gasteiger partial charge in [0.2, 0.25) is 10.0 Å². The first-order valence-corrected chi connectivity index (χ1v) is 10.9. The average Bonchev–Trinajstić information content (AvgIpc) is 3.24. The summed E-state index contributed by atoms with van der Waals surface area (Å²) < 4.78 is 41.7. The lowest BCUT2D eigenvalue weighted by molar-refractivity contribution is 0.322. The van der Waals surface area contributed by atoms with Crippen LogP contribution >= 0.6 is 0 Å². The molecule has 0 spiro atoms. The normalized spacial score (nSPS) is 12.5. The Morgan fingerprint density at radius 3 is 2.41 bits per heavy atom. The van der Waals surface area contributed by atoms with Crippen LogP contribution in [0.4, 0.5) is 0 Å². The van der Waals surface area contributed by atoms with Gasteiger partial charge in [-0.2, -0.15) is 0 Å². The van der Waals surface area contributed by atoms with E-state index < -0.39 is 16.1 Å². The van der Waals surface area contributed by atoms with E-state index in [2.05, 4.69) is 9.71 Å². The van der Waals surface area contributed by atoms with E-state index in [9.17, 15) is 8.42 Å². The van der Waals surface area contributed by atoms with Gasteiger partial charge in [-0.3, -0.25) is 0 Å². The van der Waals surface area contributed by atoms with Crippen LogP contribution in [0.15, 0.2) is 66.1 Å². The van der Waals surface area contributed by atoms with Gasteiger partial charge in [-0.25, -0.2) is 18.1 Å². The summed E-state index contributed by atoms with van der Waals surface area (Å²) >= 11 is 0. The van der Waals surface area contributed by atoms with Crippen LogP contribution in [0, 0.1) is 0 Å². The highest BCUT2D eigenvalue weighted by Crippen LogP contribution is 2.30. The molecule has 3 rings (SSSR count). The van der Waals surface area contributed by atoms with Crippen molar-refractivity contribution in [1.82, 2.24) is 14.3 Å². The van der Waals surface area contributed by atoms with Crippen LogP contribution in [-0.2, 0) is 10.0 Å². The third-order valence-corrected chi connectivity index (χ3v) is 5.91. The monoisotopic (exact) mass is 415 g/mol. The second-order valence-electron chi connectivity index (χ2n) is 6.38. The van der Waals surface area contributed by atoms with E-state index in [4.69, 9.17) is 9.47 Å². The Bertz CT molecular complexity index is 1030. The van der Waals surface area contributed by atoms with Crippen LogP contribution in [0.5, 0.6) is 11.5 Å². The lowest BCUT2D eigenvalue weighted by Crippen LogP contribution is -2.27. The number of aromatic nitrogens is 2. The van der Waals surface area contributed by atoms with Gasteiger partial charge in [0, 0.05) is 30.2 Å². The molecular weight excluding hydrogens is 390 g/mol. The van der Waals surface area contributed by atoms with Crippen molar-refractivity contribution in [2.24, 2.45) is 0 Å². The standard InChI is InChI=1S/C21H25N3O4S/c1-4-27-19-10-11-20(28-5-2)21(14-19)29(25,26)23-16(3)17-6-8-18(9-7-17)24-13-12-22-15-24/h6-16,23H,4-5H2,1-3H3. The van der Waals surface area contributed by atoms with E-state index in [1.165, 1.54) is 6.07 Å². The summed E-state index contributed by atoms with van der Waals surface area (Å²) in [6, 6.07) is 12.0. The molecule has 1 atom stereocenters. The smallest absolute Gasteiger partial charge is 0.244 e. The Kier molecular flexibility index (Phi) is 6.56. The topological polar surface area (TPSA) is 82.5 Å². The van der Waals surface area contributed by atoms with E-state index >= 15 is 0 Å². The molecule has 154 valence electrons. The molecule has 0 saturated carbocycles. The van der Waals surface area contributed by atoms with Gasteiger partial charge in [0.1, 0.15) is 16.4 Å². The van der Waals surface area contributed by atoms with Gasteiger partial charge in [0.05, 0.1) is 19.5 Å². The van der Waals surface area contributed by atoms with E-state index in [1.807, 2.05) is 48.9 Å². The third kappa shape index (κ3) is 4.96. The van der Waals surface area contributed by atoms with Crippen LogP contribution < -0.4 is 14.2 Å². The molecule has 0 amide bonds. The molecule has 0 aliphatic carbocycles. The molecule has 1 heterocycles. The molecule has 0 fully saturated rings. The number of rotatable bonds is 9. The van der Waals surface area contributed by atoms with E-state index in [0.29, 0.717) is 24.7 Å². The summed E-state index contributed by atoms with van der Waals surface area (Å²) in [6.45, 7) is 6.27. The summed E-state index contributed by atoms with van der Waals surface area (Å²) in [4.78, 5) is 4.09. The van der Waals surface area contributed by atoms with Gasteiger partial charge in [-0.1, -0.05) is 12.1 Å². The molecule has 0 radical (unpaired) electrons. The van der Waals surface area contributed by atoms with Gasteiger partial charge < -0.3 is 14.0 Å². The van der Waals surface area contributed by atoms with Gasteiger partial charge in [-0.15, -0.1) is 0 Å². The van der Waals surface area contributed by atoms with Crippen molar-refractivity contribution in [1.29, 1.82) is 0 Å². The number of hydrogen-bond acceptors (Lipinski definition) is 5. The fourth-order valence-corrected chi connectivity index (χ4v) is 4.33. The fraction of sp³-hybridized carbons (Fsp3) is 0.286. The molecular formula is C21H25N3O4S. The number of nitrogens with one attached hydrogen (secondary N) is 1. The average molecular weight is 416 g/mol. The maximum atomic E-state index is 13.1. The number of sulfonamides is 1. The molecule has 1 N–H and O–H groups in total. The minimum atomic E-state index is -3.82. The molecule has 8 heteroatoms. The summed E-state index contributed by atoms with van der Waals surface area (Å²) in [5.41, 5.74) is 1.79. The lowest BCUT2D eigenvalue weighted by Gasteiger charge is -2.18. The summed E-state index contributed by atoms with van der Waals surface area (Å²) in [6.07, 6.45) is 5.26. The van der Waals surface area contributed by atoms with Gasteiger partial charge >= 0.3 is 0 Å². The molecule has 0 aliphatic rings. The highest BCUT2D eigenvalue weighted by Gasteiger charge is 2.23. The van der Waals surface area contributed by atoms with E-state index in [1.54, 1.807) is 31.6 Å². The summed E-state index contributed by atoms with van der Waals surface area (Å²) in [5, 5.41) is 0. The molecule has 3 aromatic rings. The molecule has 1 aromatic heterocycles. The maximum absolute atomic E-state index is 13.1. The molecule has 7 nitrogen and oxygen atoms in total. The molecule has 0 aliphatic heterocycles. The third-order valence-electron chi connectivity index (χ3n) is 4.34. The molecule has 0 saturated heterocycles. The van der Waals surface area contributed by atoms with E-state index in [-0.39, 0.29) is 4.90 Å². The number of hydrogen-bond donors (Lipinski definition) is 1. The number of nitrogens with zero attached hydrogens (tertiary/aromatic N) is 2. The Hall–Kier alpha value is -2.84. The quantitative estimate of drug-likeness (QED) is 0.576. The van der Waals surface area contributed by atoms with E-state index in [0.717, 1.165) is 11.3 Å². The zero-order valence-electron chi connectivity index (χ0n) is 16.7. The van der Waals surface area contributed by atoms with Crippen LogP contribution in [0.2, 0.25) is 0 Å². The SMILES string of the molecule is CCOc1ccc(OCC)c(S(=O)(=O)NC(C)c2ccc(-n3ccnc3)cc2)c1. The van der Waals surface area contributed by atoms with Crippen LogP contribution in [0.3, 0.4) is 0 Å². The number of ether oxygens (including phenoxy) is 2. The van der Waals surface area contributed by atoms with Gasteiger partial charge in [0.15, 0.2) is 0 Å². The molecule has 0 bridgehead atoms. The summed E-state index contributed by atoms with van der Waals surface area (Å²) in [5.74, 6) is 0.778. The Labute approximate surface area is 171 Å². The molecule has 29 heavy (non-hydrogen) atoms. The van der Waals surface area contributed by atoms with Gasteiger partial charge in [0.25, 0.3) is 0 Å². The van der Waals surface area contributed by atoms with Crippen molar-refractivity contribution < 1.29 is 17.9 Å². The van der Waals surface area contributed by atoms with Gasteiger partial charge in [-0.05, 0) is 50.6 Å². The Morgan fingerprint density at radius 1 is 1.07 bits per heavy atom. The minimum Gasteiger partial charge on any atom is -0.494 e. The van der Waals surface area contributed by atoms with Crippen LogP contribution in [-0.4, -0.2) is 31.2 Å². The number of benzene rings is 2. The predicted octanol–water partition coefficient (Wildman–Crippen LogP) is 3.71. The molecule has 2 aromatic carbocycles. The predicted molar refractivity (Wildman–Crippen MR) is 111 cm³/mol. The Morgan fingerprint density at radius 2 is 1.79 bits per heavy atom. The van der Waals surface area contributed by atoms with Crippen LogP contribution in [0.1, 0.15) is 32.4 Å². The number of imidazole rings is 1. The van der Waals surface area contributed by atoms with Crippen molar-refractivity contribution in [3.8, 4) is 17.2 Å². The van der Waals surface area contributed by atoms with Crippen molar-refractivity contribution in [2.75, 3.05) is 13.2 Å².